The first-order valence-corrected chi connectivity index (χ1v) is 8.41. The summed E-state index contributed by atoms with van der Waals surface area (Å²) in [6, 6.07) is 4.59. The van der Waals surface area contributed by atoms with Gasteiger partial charge in [-0.25, -0.2) is 0 Å². The predicted molar refractivity (Wildman–Crippen MR) is 93.5 cm³/mol. The number of rotatable bonds is 5. The first-order chi connectivity index (χ1) is 10.7. The third kappa shape index (κ3) is 3.19. The van der Waals surface area contributed by atoms with Crippen LogP contribution < -0.4 is 11.1 Å². The molecule has 0 radical (unpaired) electrons. The average molecular weight is 300 g/mol. The van der Waals surface area contributed by atoms with Gasteiger partial charge in [-0.1, -0.05) is 6.07 Å². The molecule has 0 unspecified atom stereocenters. The van der Waals surface area contributed by atoms with Crippen molar-refractivity contribution in [2.45, 2.75) is 26.8 Å². The molecule has 1 aromatic heterocycles. The molecule has 0 atom stereocenters. The van der Waals surface area contributed by atoms with Crippen LogP contribution in [0.5, 0.6) is 0 Å². The molecule has 0 amide bonds. The number of piperazine rings is 1. The smallest absolute Gasteiger partial charge is 0.0488 e. The highest BCUT2D eigenvalue weighted by Gasteiger charge is 2.14. The molecule has 1 aliphatic rings. The summed E-state index contributed by atoms with van der Waals surface area (Å²) in [6.45, 7) is 11.7. The van der Waals surface area contributed by atoms with Crippen molar-refractivity contribution in [3.63, 3.8) is 0 Å². The van der Waals surface area contributed by atoms with E-state index in [0.29, 0.717) is 6.54 Å². The second-order valence-corrected chi connectivity index (χ2v) is 6.45. The summed E-state index contributed by atoms with van der Waals surface area (Å²) in [6.07, 6.45) is 3.45. The van der Waals surface area contributed by atoms with Crippen molar-refractivity contribution in [2.24, 2.45) is 5.73 Å². The topological polar surface area (TPSA) is 46.2 Å². The summed E-state index contributed by atoms with van der Waals surface area (Å²) < 4.78 is 2.34. The Bertz CT molecular complexity index is 638. The first kappa shape index (κ1) is 15.5. The van der Waals surface area contributed by atoms with Crippen LogP contribution in [-0.2, 0) is 13.0 Å². The lowest BCUT2D eigenvalue weighted by molar-refractivity contribution is 0.244. The minimum Gasteiger partial charge on any atom is -0.346 e. The zero-order valence-electron chi connectivity index (χ0n) is 13.9. The van der Waals surface area contributed by atoms with Crippen molar-refractivity contribution in [1.82, 2.24) is 14.8 Å². The van der Waals surface area contributed by atoms with Gasteiger partial charge >= 0.3 is 0 Å². The van der Waals surface area contributed by atoms with Gasteiger partial charge in [-0.2, -0.15) is 0 Å². The second-order valence-electron chi connectivity index (χ2n) is 6.45. The van der Waals surface area contributed by atoms with Crippen molar-refractivity contribution in [3.05, 3.63) is 35.0 Å². The molecule has 2 heterocycles. The lowest BCUT2D eigenvalue weighted by Crippen LogP contribution is -2.44. The van der Waals surface area contributed by atoms with Crippen molar-refractivity contribution >= 4 is 10.9 Å². The van der Waals surface area contributed by atoms with Crippen LogP contribution in [-0.4, -0.2) is 48.7 Å². The summed E-state index contributed by atoms with van der Waals surface area (Å²) in [4.78, 5) is 2.56. The molecule has 4 nitrogen and oxygen atoms in total. The van der Waals surface area contributed by atoms with Crippen LogP contribution in [0.25, 0.3) is 10.9 Å². The number of nitrogens with two attached hydrogens (primary N) is 1. The molecule has 0 bridgehead atoms. The molecule has 1 saturated heterocycles. The second kappa shape index (κ2) is 6.82. The maximum atomic E-state index is 5.79. The summed E-state index contributed by atoms with van der Waals surface area (Å²) in [7, 11) is 0. The monoisotopic (exact) mass is 300 g/mol. The average Bonchev–Trinajstić information content (AvgIpc) is 2.85. The van der Waals surface area contributed by atoms with Gasteiger partial charge in [-0.05, 0) is 43.0 Å². The van der Waals surface area contributed by atoms with Crippen LogP contribution in [0.15, 0.2) is 18.3 Å². The van der Waals surface area contributed by atoms with E-state index in [1.807, 2.05) is 0 Å². The number of fused-ring (bicyclic) bond motifs is 1. The maximum absolute atomic E-state index is 5.79. The molecule has 4 heteroatoms. The first-order valence-electron chi connectivity index (χ1n) is 8.41. The molecule has 0 aliphatic carbocycles. The predicted octanol–water partition coefficient (Wildman–Crippen LogP) is 1.66. The van der Waals surface area contributed by atoms with Crippen LogP contribution in [0, 0.1) is 13.8 Å². The van der Waals surface area contributed by atoms with Gasteiger partial charge in [0.05, 0.1) is 0 Å². The molecule has 1 aliphatic heterocycles. The van der Waals surface area contributed by atoms with Crippen molar-refractivity contribution in [1.29, 1.82) is 0 Å². The van der Waals surface area contributed by atoms with E-state index < -0.39 is 0 Å². The number of nitrogens with one attached hydrogen (secondary N) is 1. The molecular weight excluding hydrogens is 272 g/mol. The molecule has 120 valence electrons. The van der Waals surface area contributed by atoms with Gasteiger partial charge in [0, 0.05) is 62.9 Å². The summed E-state index contributed by atoms with van der Waals surface area (Å²) in [5.74, 6) is 0. The van der Waals surface area contributed by atoms with E-state index in [2.05, 4.69) is 47.0 Å². The van der Waals surface area contributed by atoms with Crippen LogP contribution in [0.1, 0.15) is 16.7 Å². The van der Waals surface area contributed by atoms with Crippen LogP contribution in [0.3, 0.4) is 0 Å². The maximum Gasteiger partial charge on any atom is 0.0488 e. The van der Waals surface area contributed by atoms with Gasteiger partial charge in [-0.3, -0.25) is 0 Å². The minimum atomic E-state index is 0.688. The Hall–Kier alpha value is -1.36. The highest BCUT2D eigenvalue weighted by atomic mass is 15.2. The molecule has 1 fully saturated rings. The van der Waals surface area contributed by atoms with Crippen LogP contribution in [0.2, 0.25) is 0 Å². The normalized spacial score (nSPS) is 16.5. The van der Waals surface area contributed by atoms with E-state index in [0.717, 1.165) is 32.6 Å². The Morgan fingerprint density at radius 3 is 2.64 bits per heavy atom. The molecule has 3 N–H and O–H groups in total. The largest absolute Gasteiger partial charge is 0.346 e. The quantitative estimate of drug-likeness (QED) is 0.883. The molecule has 3 rings (SSSR count). The van der Waals surface area contributed by atoms with Gasteiger partial charge in [0.2, 0.25) is 0 Å². The lowest BCUT2D eigenvalue weighted by atomic mass is 10.0. The highest BCUT2D eigenvalue weighted by Crippen LogP contribution is 2.27. The Labute approximate surface area is 133 Å². The SMILES string of the molecule is Cc1cc(C)c2c(CCN3CCNCC3)cn(CCN)c2c1. The van der Waals surface area contributed by atoms with Gasteiger partial charge in [0.15, 0.2) is 0 Å². The van der Waals surface area contributed by atoms with Gasteiger partial charge in [-0.15, -0.1) is 0 Å². The van der Waals surface area contributed by atoms with Gasteiger partial charge in [0.1, 0.15) is 0 Å². The third-order valence-corrected chi connectivity index (χ3v) is 4.68. The van der Waals surface area contributed by atoms with Gasteiger partial charge in [0.25, 0.3) is 0 Å². The highest BCUT2D eigenvalue weighted by molar-refractivity contribution is 5.88. The third-order valence-electron chi connectivity index (χ3n) is 4.68. The summed E-state index contributed by atoms with van der Waals surface area (Å²) in [5, 5.41) is 4.86. The lowest BCUT2D eigenvalue weighted by Gasteiger charge is -2.27. The zero-order chi connectivity index (χ0) is 15.5. The molecular formula is C18H28N4. The van der Waals surface area contributed by atoms with E-state index in [9.17, 15) is 0 Å². The Kier molecular flexibility index (Phi) is 4.81. The molecule has 0 saturated carbocycles. The molecule has 1 aromatic carbocycles. The van der Waals surface area contributed by atoms with Crippen LogP contribution >= 0.6 is 0 Å². The van der Waals surface area contributed by atoms with E-state index >= 15 is 0 Å². The zero-order valence-corrected chi connectivity index (χ0v) is 13.9. The van der Waals surface area contributed by atoms with Gasteiger partial charge < -0.3 is 20.5 Å². The number of aromatic nitrogens is 1. The number of nitrogens with zero attached hydrogens (tertiary/aromatic N) is 2. The van der Waals surface area contributed by atoms with E-state index in [1.165, 1.54) is 40.7 Å². The van der Waals surface area contributed by atoms with Crippen molar-refractivity contribution in [2.75, 3.05) is 39.3 Å². The van der Waals surface area contributed by atoms with E-state index in [1.54, 1.807) is 0 Å². The van der Waals surface area contributed by atoms with E-state index in [4.69, 9.17) is 5.73 Å². The Morgan fingerprint density at radius 1 is 1.14 bits per heavy atom. The number of hydrogen-bond donors (Lipinski definition) is 2. The standard InChI is InChI=1S/C18H28N4/c1-14-11-15(2)18-16(3-7-21-9-5-20-6-10-21)13-22(8-4-19)17(18)12-14/h11-13,20H,3-10,19H2,1-2H3. The molecule has 2 aromatic rings. The van der Waals surface area contributed by atoms with Crippen LogP contribution in [0.4, 0.5) is 0 Å². The number of benzene rings is 1. The number of hydrogen-bond acceptors (Lipinski definition) is 3. The fourth-order valence-electron chi connectivity index (χ4n) is 3.64. The van der Waals surface area contributed by atoms with Crippen molar-refractivity contribution < 1.29 is 0 Å². The fourth-order valence-corrected chi connectivity index (χ4v) is 3.64. The summed E-state index contributed by atoms with van der Waals surface area (Å²) >= 11 is 0. The minimum absolute atomic E-state index is 0.688. The Balaban J connectivity index is 1.87. The fraction of sp³-hybridized carbons (Fsp3) is 0.556. The molecule has 22 heavy (non-hydrogen) atoms. The van der Waals surface area contributed by atoms with E-state index in [-0.39, 0.29) is 0 Å². The number of aryl methyl sites for hydroxylation is 2. The van der Waals surface area contributed by atoms with Crippen molar-refractivity contribution in [3.8, 4) is 0 Å². The molecule has 0 spiro atoms. The summed E-state index contributed by atoms with van der Waals surface area (Å²) in [5.41, 5.74) is 11.3. The Morgan fingerprint density at radius 2 is 1.91 bits per heavy atom.